The number of rotatable bonds is 2. The van der Waals surface area contributed by atoms with Gasteiger partial charge in [-0.25, -0.2) is 4.79 Å². The fraction of sp³-hybridized carbons (Fsp3) is 0.571. The Morgan fingerprint density at radius 2 is 2.14 bits per heavy atom. The maximum Gasteiger partial charge on any atom is 0.344 e. The summed E-state index contributed by atoms with van der Waals surface area (Å²) in [7, 11) is 0. The SMILES string of the molecule is CC1(C)NC(=O)N(NC(=O)CCl)C1=O. The van der Waals surface area contributed by atoms with E-state index in [4.69, 9.17) is 11.6 Å². The number of hydrogen-bond donors (Lipinski definition) is 2. The van der Waals surface area contributed by atoms with Crippen LogP contribution < -0.4 is 10.7 Å². The molecule has 78 valence electrons. The zero-order valence-electron chi connectivity index (χ0n) is 7.76. The van der Waals surface area contributed by atoms with Crippen LogP contribution in [-0.2, 0) is 9.59 Å². The third-order valence-corrected chi connectivity index (χ3v) is 1.96. The Bertz CT molecular complexity index is 303. The number of amides is 4. The Kier molecular flexibility index (Phi) is 2.66. The highest BCUT2D eigenvalue weighted by Crippen LogP contribution is 2.14. The van der Waals surface area contributed by atoms with E-state index in [0.29, 0.717) is 5.01 Å². The van der Waals surface area contributed by atoms with Crippen molar-refractivity contribution in [3.8, 4) is 0 Å². The molecule has 4 amide bonds. The fourth-order valence-electron chi connectivity index (χ4n) is 1.00. The van der Waals surface area contributed by atoms with Gasteiger partial charge in [-0.15, -0.1) is 11.6 Å². The molecule has 7 heteroatoms. The molecule has 0 spiro atoms. The molecular formula is C7H10ClN3O3. The van der Waals surface area contributed by atoms with Crippen molar-refractivity contribution in [2.45, 2.75) is 19.4 Å². The van der Waals surface area contributed by atoms with Gasteiger partial charge in [-0.05, 0) is 13.8 Å². The Hall–Kier alpha value is -1.30. The molecule has 0 saturated carbocycles. The lowest BCUT2D eigenvalue weighted by molar-refractivity contribution is -0.137. The first-order valence-electron chi connectivity index (χ1n) is 3.90. The van der Waals surface area contributed by atoms with E-state index < -0.39 is 23.4 Å². The van der Waals surface area contributed by atoms with Crippen LogP contribution in [-0.4, -0.2) is 34.3 Å². The summed E-state index contributed by atoms with van der Waals surface area (Å²) in [6.07, 6.45) is 0. The summed E-state index contributed by atoms with van der Waals surface area (Å²) < 4.78 is 0. The molecule has 0 unspecified atom stereocenters. The van der Waals surface area contributed by atoms with E-state index in [1.54, 1.807) is 13.8 Å². The minimum atomic E-state index is -0.989. The first kappa shape index (κ1) is 10.8. The molecule has 1 heterocycles. The second kappa shape index (κ2) is 3.45. The van der Waals surface area contributed by atoms with Gasteiger partial charge in [-0.2, -0.15) is 5.01 Å². The van der Waals surface area contributed by atoms with Gasteiger partial charge in [-0.3, -0.25) is 15.0 Å². The summed E-state index contributed by atoms with van der Waals surface area (Å²) in [6, 6.07) is -0.654. The van der Waals surface area contributed by atoms with Gasteiger partial charge in [0.2, 0.25) is 0 Å². The van der Waals surface area contributed by atoms with Crippen molar-refractivity contribution < 1.29 is 14.4 Å². The molecule has 2 N–H and O–H groups in total. The van der Waals surface area contributed by atoms with Crippen molar-refractivity contribution >= 4 is 29.4 Å². The van der Waals surface area contributed by atoms with E-state index in [1.165, 1.54) is 0 Å². The number of nitrogens with zero attached hydrogens (tertiary/aromatic N) is 1. The molecule has 0 aromatic carbocycles. The predicted molar refractivity (Wildman–Crippen MR) is 48.3 cm³/mol. The molecule has 0 aromatic heterocycles. The highest BCUT2D eigenvalue weighted by atomic mass is 35.5. The number of urea groups is 1. The lowest BCUT2D eigenvalue weighted by Gasteiger charge is -2.15. The van der Waals surface area contributed by atoms with Crippen molar-refractivity contribution in [3.05, 3.63) is 0 Å². The summed E-state index contributed by atoms with van der Waals surface area (Å²) in [5.41, 5.74) is 1.10. The van der Waals surface area contributed by atoms with E-state index in [9.17, 15) is 14.4 Å². The van der Waals surface area contributed by atoms with E-state index in [-0.39, 0.29) is 5.88 Å². The smallest absolute Gasteiger partial charge is 0.322 e. The largest absolute Gasteiger partial charge is 0.344 e. The van der Waals surface area contributed by atoms with Gasteiger partial charge >= 0.3 is 6.03 Å². The van der Waals surface area contributed by atoms with Crippen LogP contribution in [0.15, 0.2) is 0 Å². The van der Waals surface area contributed by atoms with Crippen molar-refractivity contribution in [1.82, 2.24) is 15.8 Å². The van der Waals surface area contributed by atoms with Crippen molar-refractivity contribution in [2.24, 2.45) is 0 Å². The molecule has 0 radical (unpaired) electrons. The molecular weight excluding hydrogens is 210 g/mol. The quantitative estimate of drug-likeness (QED) is 0.489. The summed E-state index contributed by atoms with van der Waals surface area (Å²) in [4.78, 5) is 33.5. The first-order chi connectivity index (χ1) is 6.38. The van der Waals surface area contributed by atoms with E-state index in [0.717, 1.165) is 0 Å². The van der Waals surface area contributed by atoms with Crippen LogP contribution in [0.25, 0.3) is 0 Å². The number of carbonyl (C=O) groups excluding carboxylic acids is 3. The molecule has 1 saturated heterocycles. The number of nitrogens with one attached hydrogen (secondary N) is 2. The number of carbonyl (C=O) groups is 3. The number of alkyl halides is 1. The van der Waals surface area contributed by atoms with Crippen molar-refractivity contribution in [2.75, 3.05) is 5.88 Å². The number of hydrogen-bond acceptors (Lipinski definition) is 3. The van der Waals surface area contributed by atoms with Crippen molar-refractivity contribution in [3.63, 3.8) is 0 Å². The Balaban J connectivity index is 2.76. The minimum absolute atomic E-state index is 0.308. The van der Waals surface area contributed by atoms with Crippen LogP contribution in [0.2, 0.25) is 0 Å². The van der Waals surface area contributed by atoms with Crippen LogP contribution in [0.5, 0.6) is 0 Å². The maximum atomic E-state index is 11.5. The van der Waals surface area contributed by atoms with Gasteiger partial charge in [0, 0.05) is 0 Å². The Morgan fingerprint density at radius 3 is 2.50 bits per heavy atom. The molecule has 1 aliphatic rings. The average molecular weight is 220 g/mol. The molecule has 0 aliphatic carbocycles. The number of imide groups is 1. The van der Waals surface area contributed by atoms with Gasteiger partial charge < -0.3 is 5.32 Å². The van der Waals surface area contributed by atoms with Gasteiger partial charge in [0.15, 0.2) is 0 Å². The molecule has 0 bridgehead atoms. The van der Waals surface area contributed by atoms with Gasteiger partial charge in [0.05, 0.1) is 0 Å². The molecule has 14 heavy (non-hydrogen) atoms. The van der Waals surface area contributed by atoms with Gasteiger partial charge in [0.1, 0.15) is 11.4 Å². The van der Waals surface area contributed by atoms with Crippen LogP contribution in [0.4, 0.5) is 4.79 Å². The predicted octanol–water partition coefficient (Wildman–Crippen LogP) is -0.413. The standard InChI is InChI=1S/C7H10ClN3O3/c1-7(2)5(13)11(6(14)9-7)10-4(12)3-8/h3H2,1-2H3,(H,9,14)(H,10,12). The zero-order chi connectivity index (χ0) is 10.9. The molecule has 1 aliphatic heterocycles. The van der Waals surface area contributed by atoms with Crippen LogP contribution in [0.1, 0.15) is 13.8 Å². The Labute approximate surface area is 85.5 Å². The minimum Gasteiger partial charge on any atom is -0.322 e. The highest BCUT2D eigenvalue weighted by Gasteiger charge is 2.45. The lowest BCUT2D eigenvalue weighted by atomic mass is 10.1. The second-order valence-corrected chi connectivity index (χ2v) is 3.63. The first-order valence-corrected chi connectivity index (χ1v) is 4.44. The second-order valence-electron chi connectivity index (χ2n) is 3.36. The van der Waals surface area contributed by atoms with Crippen LogP contribution in [0.3, 0.4) is 0 Å². The van der Waals surface area contributed by atoms with Crippen molar-refractivity contribution in [1.29, 1.82) is 0 Å². The third-order valence-electron chi connectivity index (χ3n) is 1.72. The fourth-order valence-corrected chi connectivity index (χ4v) is 1.06. The van der Waals surface area contributed by atoms with Crippen LogP contribution in [0, 0.1) is 0 Å². The molecule has 1 rings (SSSR count). The number of hydrazine groups is 1. The normalized spacial score (nSPS) is 19.5. The molecule has 6 nitrogen and oxygen atoms in total. The van der Waals surface area contributed by atoms with E-state index >= 15 is 0 Å². The molecule has 1 fully saturated rings. The topological polar surface area (TPSA) is 78.5 Å². The van der Waals surface area contributed by atoms with Gasteiger partial charge in [-0.1, -0.05) is 0 Å². The highest BCUT2D eigenvalue weighted by molar-refractivity contribution is 6.27. The monoisotopic (exact) mass is 219 g/mol. The summed E-state index contributed by atoms with van der Waals surface area (Å²) in [5.74, 6) is -1.42. The number of halogens is 1. The molecule has 0 aromatic rings. The summed E-state index contributed by atoms with van der Waals surface area (Å²) >= 11 is 5.22. The summed E-state index contributed by atoms with van der Waals surface area (Å²) in [5, 5.41) is 3.03. The van der Waals surface area contributed by atoms with E-state index in [1.807, 2.05) is 0 Å². The average Bonchev–Trinajstić information content (AvgIpc) is 2.28. The summed E-state index contributed by atoms with van der Waals surface area (Å²) in [6.45, 7) is 3.08. The molecule has 0 atom stereocenters. The zero-order valence-corrected chi connectivity index (χ0v) is 8.51. The Morgan fingerprint density at radius 1 is 1.57 bits per heavy atom. The maximum absolute atomic E-state index is 11.5. The van der Waals surface area contributed by atoms with E-state index in [2.05, 4.69) is 10.7 Å². The van der Waals surface area contributed by atoms with Crippen LogP contribution >= 0.6 is 11.6 Å². The lowest BCUT2D eigenvalue weighted by Crippen LogP contribution is -2.48. The van der Waals surface area contributed by atoms with Gasteiger partial charge in [0.25, 0.3) is 11.8 Å². The third kappa shape index (κ3) is 1.79.